The lowest BCUT2D eigenvalue weighted by Crippen LogP contribution is -2.44. The average molecular weight is 379 g/mol. The fourth-order valence-corrected chi connectivity index (χ4v) is 3.57. The summed E-state index contributed by atoms with van der Waals surface area (Å²) in [5.74, 6) is 0.773. The van der Waals surface area contributed by atoms with Crippen LogP contribution in [-0.4, -0.2) is 29.0 Å². The number of H-pyrrole nitrogens is 1. The standard InChI is InChI=1S/C24H30N2O2/c1-17(26-24(2,3)4)16-28-23-11-6-5-9-20(23)22(27)13-12-18-8-7-10-21-19(18)14-15-25-21/h5-11,14-15,17,25-26H,12-13,16H2,1-4H3. The fraction of sp³-hybridized carbons (Fsp3) is 0.375. The number of ketones is 1. The second kappa shape index (κ2) is 8.61. The van der Waals surface area contributed by atoms with Crippen molar-refractivity contribution in [3.05, 3.63) is 65.9 Å². The predicted molar refractivity (Wildman–Crippen MR) is 115 cm³/mol. The van der Waals surface area contributed by atoms with Crippen molar-refractivity contribution >= 4 is 16.7 Å². The molecule has 0 aliphatic heterocycles. The molecule has 0 amide bonds. The van der Waals surface area contributed by atoms with Crippen molar-refractivity contribution in [1.82, 2.24) is 10.3 Å². The quantitative estimate of drug-likeness (QED) is 0.534. The van der Waals surface area contributed by atoms with Gasteiger partial charge in [-0.3, -0.25) is 4.79 Å². The summed E-state index contributed by atoms with van der Waals surface area (Å²) in [6.07, 6.45) is 3.11. The molecular formula is C24H30N2O2. The number of aromatic amines is 1. The molecule has 0 aliphatic carbocycles. The highest BCUT2D eigenvalue weighted by molar-refractivity contribution is 5.99. The minimum absolute atomic E-state index is 0.0252. The minimum atomic E-state index is 0.0252. The molecule has 0 fully saturated rings. The van der Waals surface area contributed by atoms with Crippen molar-refractivity contribution in [2.24, 2.45) is 0 Å². The fourth-order valence-electron chi connectivity index (χ4n) is 3.57. The molecule has 1 unspecified atom stereocenters. The number of fused-ring (bicyclic) bond motifs is 1. The van der Waals surface area contributed by atoms with Gasteiger partial charge in [-0.05, 0) is 63.9 Å². The Morgan fingerprint density at radius 1 is 1.11 bits per heavy atom. The second-order valence-corrected chi connectivity index (χ2v) is 8.38. The van der Waals surface area contributed by atoms with Crippen LogP contribution < -0.4 is 10.1 Å². The van der Waals surface area contributed by atoms with Crippen molar-refractivity contribution in [3.8, 4) is 5.75 Å². The van der Waals surface area contributed by atoms with Crippen molar-refractivity contribution < 1.29 is 9.53 Å². The van der Waals surface area contributed by atoms with Gasteiger partial charge in [-0.15, -0.1) is 0 Å². The van der Waals surface area contributed by atoms with Crippen molar-refractivity contribution in [2.75, 3.05) is 6.61 Å². The Hall–Kier alpha value is -2.59. The molecule has 0 radical (unpaired) electrons. The van der Waals surface area contributed by atoms with E-state index in [-0.39, 0.29) is 17.4 Å². The molecule has 1 heterocycles. The SMILES string of the molecule is CC(COc1ccccc1C(=O)CCc1cccc2[nH]ccc12)NC(C)(C)C. The van der Waals surface area contributed by atoms with Gasteiger partial charge in [0.1, 0.15) is 12.4 Å². The normalized spacial score (nSPS) is 12.9. The van der Waals surface area contributed by atoms with Gasteiger partial charge in [0.05, 0.1) is 5.56 Å². The third kappa shape index (κ3) is 5.23. The van der Waals surface area contributed by atoms with Crippen LogP contribution in [0.25, 0.3) is 10.9 Å². The van der Waals surface area contributed by atoms with Gasteiger partial charge >= 0.3 is 0 Å². The first-order valence-electron chi connectivity index (χ1n) is 9.91. The summed E-state index contributed by atoms with van der Waals surface area (Å²) < 4.78 is 5.99. The van der Waals surface area contributed by atoms with Gasteiger partial charge < -0.3 is 15.0 Å². The van der Waals surface area contributed by atoms with Crippen LogP contribution in [0, 0.1) is 0 Å². The van der Waals surface area contributed by atoms with E-state index < -0.39 is 0 Å². The Balaban J connectivity index is 1.65. The number of aromatic nitrogens is 1. The molecule has 28 heavy (non-hydrogen) atoms. The molecule has 0 bridgehead atoms. The lowest BCUT2D eigenvalue weighted by atomic mass is 10.00. The van der Waals surface area contributed by atoms with Crippen LogP contribution in [0.2, 0.25) is 0 Å². The molecule has 0 aliphatic rings. The number of ether oxygens (including phenoxy) is 1. The molecule has 1 atom stereocenters. The maximum atomic E-state index is 12.9. The van der Waals surface area contributed by atoms with Crippen LogP contribution in [0.15, 0.2) is 54.7 Å². The van der Waals surface area contributed by atoms with Crippen molar-refractivity contribution in [1.29, 1.82) is 0 Å². The van der Waals surface area contributed by atoms with Crippen LogP contribution >= 0.6 is 0 Å². The Labute approximate surface area is 167 Å². The van der Waals surface area contributed by atoms with E-state index in [1.807, 2.05) is 36.5 Å². The molecule has 4 nitrogen and oxygen atoms in total. The number of rotatable bonds is 8. The third-order valence-electron chi connectivity index (χ3n) is 4.66. The Morgan fingerprint density at radius 3 is 2.68 bits per heavy atom. The van der Waals surface area contributed by atoms with Crippen LogP contribution in [-0.2, 0) is 6.42 Å². The monoisotopic (exact) mass is 378 g/mol. The van der Waals surface area contributed by atoms with Crippen LogP contribution in [0.5, 0.6) is 5.75 Å². The van der Waals surface area contributed by atoms with Gasteiger partial charge in [0, 0.05) is 35.1 Å². The molecule has 148 valence electrons. The highest BCUT2D eigenvalue weighted by atomic mass is 16.5. The largest absolute Gasteiger partial charge is 0.491 e. The Bertz CT molecular complexity index is 937. The molecule has 0 spiro atoms. The number of carbonyl (C=O) groups excluding carboxylic acids is 1. The molecule has 0 saturated heterocycles. The molecule has 0 saturated carbocycles. The van der Waals surface area contributed by atoms with Gasteiger partial charge in [-0.1, -0.05) is 24.3 Å². The van der Waals surface area contributed by atoms with E-state index in [1.54, 1.807) is 0 Å². The van der Waals surface area contributed by atoms with Gasteiger partial charge in [-0.25, -0.2) is 0 Å². The summed E-state index contributed by atoms with van der Waals surface area (Å²) in [4.78, 5) is 16.1. The maximum absolute atomic E-state index is 12.9. The zero-order valence-electron chi connectivity index (χ0n) is 17.2. The number of carbonyl (C=O) groups is 1. The van der Waals surface area contributed by atoms with Gasteiger partial charge in [-0.2, -0.15) is 0 Å². The van der Waals surface area contributed by atoms with E-state index in [0.29, 0.717) is 30.8 Å². The Kier molecular flexibility index (Phi) is 6.20. The Morgan fingerprint density at radius 2 is 1.89 bits per heavy atom. The van der Waals surface area contributed by atoms with Crippen LogP contribution in [0.4, 0.5) is 0 Å². The van der Waals surface area contributed by atoms with Crippen LogP contribution in [0.1, 0.15) is 50.0 Å². The third-order valence-corrected chi connectivity index (χ3v) is 4.66. The lowest BCUT2D eigenvalue weighted by Gasteiger charge is -2.26. The lowest BCUT2D eigenvalue weighted by molar-refractivity contribution is 0.0978. The first-order valence-corrected chi connectivity index (χ1v) is 9.91. The number of Topliss-reactive ketones (excluding diaryl/α,β-unsaturated/α-hetero) is 1. The zero-order chi connectivity index (χ0) is 20.1. The van der Waals surface area contributed by atoms with E-state index in [9.17, 15) is 4.79 Å². The summed E-state index contributed by atoms with van der Waals surface area (Å²) in [5, 5.41) is 4.67. The number of hydrogen-bond acceptors (Lipinski definition) is 3. The number of nitrogens with one attached hydrogen (secondary N) is 2. The summed E-state index contributed by atoms with van der Waals surface area (Å²) in [7, 11) is 0. The highest BCUT2D eigenvalue weighted by Crippen LogP contribution is 2.23. The van der Waals surface area contributed by atoms with Crippen molar-refractivity contribution in [2.45, 2.75) is 52.1 Å². The molecular weight excluding hydrogens is 348 g/mol. The first-order chi connectivity index (χ1) is 13.3. The maximum Gasteiger partial charge on any atom is 0.166 e. The summed E-state index contributed by atoms with van der Waals surface area (Å²) in [6, 6.07) is 16.0. The van der Waals surface area contributed by atoms with E-state index in [1.165, 1.54) is 10.9 Å². The smallest absolute Gasteiger partial charge is 0.166 e. The average Bonchev–Trinajstić information content (AvgIpc) is 3.12. The summed E-state index contributed by atoms with van der Waals surface area (Å²) in [6.45, 7) is 9.00. The summed E-state index contributed by atoms with van der Waals surface area (Å²) >= 11 is 0. The number of aryl methyl sites for hydroxylation is 1. The van der Waals surface area contributed by atoms with Gasteiger partial charge in [0.25, 0.3) is 0 Å². The second-order valence-electron chi connectivity index (χ2n) is 8.38. The van der Waals surface area contributed by atoms with Crippen LogP contribution in [0.3, 0.4) is 0 Å². The van der Waals surface area contributed by atoms with Gasteiger partial charge in [0.2, 0.25) is 0 Å². The van der Waals surface area contributed by atoms with E-state index in [2.05, 4.69) is 56.2 Å². The zero-order valence-corrected chi connectivity index (χ0v) is 17.2. The van der Waals surface area contributed by atoms with E-state index in [4.69, 9.17) is 4.74 Å². The number of benzene rings is 2. The van der Waals surface area contributed by atoms with E-state index in [0.717, 1.165) is 5.52 Å². The van der Waals surface area contributed by atoms with Gasteiger partial charge in [0.15, 0.2) is 5.78 Å². The van der Waals surface area contributed by atoms with E-state index >= 15 is 0 Å². The molecule has 4 heteroatoms. The summed E-state index contributed by atoms with van der Waals surface area (Å²) in [5.41, 5.74) is 2.98. The number of hydrogen-bond donors (Lipinski definition) is 2. The number of para-hydroxylation sites is 1. The molecule has 2 N–H and O–H groups in total. The molecule has 3 rings (SSSR count). The highest BCUT2D eigenvalue weighted by Gasteiger charge is 2.16. The minimum Gasteiger partial charge on any atom is -0.491 e. The van der Waals surface area contributed by atoms with Crippen molar-refractivity contribution in [3.63, 3.8) is 0 Å². The molecule has 3 aromatic rings. The predicted octanol–water partition coefficient (Wildman–Crippen LogP) is 5.14. The molecule has 1 aromatic heterocycles. The topological polar surface area (TPSA) is 54.1 Å². The first kappa shape index (κ1) is 20.2. The molecule has 2 aromatic carbocycles.